The molecule has 1 nitrogen and oxygen atoms in total. The van der Waals surface area contributed by atoms with Crippen molar-refractivity contribution in [2.24, 2.45) is 0 Å². The molecule has 0 saturated carbocycles. The lowest BCUT2D eigenvalue weighted by atomic mass is 9.72. The Bertz CT molecular complexity index is 1700. The van der Waals surface area contributed by atoms with E-state index in [0.717, 1.165) is 4.47 Å². The van der Waals surface area contributed by atoms with Gasteiger partial charge in [0.1, 0.15) is 0 Å². The van der Waals surface area contributed by atoms with Gasteiger partial charge in [0, 0.05) is 31.7 Å². The molecule has 0 aliphatic heterocycles. The standard InChI is InChI=1S/C30H20BrN/c1-30(23-15-8-10-18-9-2-3-11-19(18)23)24-14-6-4-13-21(24)27-28(30)25(31)17-22-20-12-5-7-16-26(20)32-29(22)27/h2-17,32H,1H3. The summed E-state index contributed by atoms with van der Waals surface area (Å²) in [5.74, 6) is 0. The van der Waals surface area contributed by atoms with E-state index in [1.165, 1.54) is 60.4 Å². The van der Waals surface area contributed by atoms with Gasteiger partial charge in [-0.3, -0.25) is 0 Å². The highest BCUT2D eigenvalue weighted by atomic mass is 79.9. The predicted molar refractivity (Wildman–Crippen MR) is 138 cm³/mol. The summed E-state index contributed by atoms with van der Waals surface area (Å²) >= 11 is 4.02. The third-order valence-corrected chi connectivity index (χ3v) is 7.94. The van der Waals surface area contributed by atoms with Crippen LogP contribution >= 0.6 is 15.9 Å². The zero-order valence-electron chi connectivity index (χ0n) is 17.6. The summed E-state index contributed by atoms with van der Waals surface area (Å²) in [5.41, 5.74) is 8.81. The quantitative estimate of drug-likeness (QED) is 0.246. The van der Waals surface area contributed by atoms with Crippen LogP contribution in [0.25, 0.3) is 43.7 Å². The molecule has 0 bridgehead atoms. The van der Waals surface area contributed by atoms with Crippen LogP contribution in [-0.4, -0.2) is 4.98 Å². The molecule has 1 N–H and O–H groups in total. The van der Waals surface area contributed by atoms with Crippen LogP contribution in [0.5, 0.6) is 0 Å². The SMILES string of the molecule is CC1(c2cccc3ccccc23)c2ccccc2-c2c1c(Br)cc1c2[nH]c2ccccc21. The van der Waals surface area contributed by atoms with Crippen LogP contribution in [0.3, 0.4) is 0 Å². The molecule has 0 spiro atoms. The maximum atomic E-state index is 4.02. The van der Waals surface area contributed by atoms with E-state index in [1.807, 2.05) is 0 Å². The first-order chi connectivity index (χ1) is 15.7. The first-order valence-corrected chi connectivity index (χ1v) is 11.8. The Morgan fingerprint density at radius 1 is 0.688 bits per heavy atom. The maximum absolute atomic E-state index is 4.02. The van der Waals surface area contributed by atoms with Crippen LogP contribution in [0, 0.1) is 0 Å². The van der Waals surface area contributed by atoms with Crippen molar-refractivity contribution in [2.75, 3.05) is 0 Å². The molecule has 6 aromatic rings. The zero-order valence-corrected chi connectivity index (χ0v) is 19.2. The van der Waals surface area contributed by atoms with E-state index in [-0.39, 0.29) is 5.41 Å². The second kappa shape index (κ2) is 6.34. The number of rotatable bonds is 1. The molecule has 1 heterocycles. The molecule has 1 unspecified atom stereocenters. The Morgan fingerprint density at radius 2 is 1.38 bits per heavy atom. The molecule has 32 heavy (non-hydrogen) atoms. The van der Waals surface area contributed by atoms with E-state index < -0.39 is 0 Å². The highest BCUT2D eigenvalue weighted by Crippen LogP contribution is 2.58. The van der Waals surface area contributed by atoms with E-state index in [2.05, 4.69) is 125 Å². The lowest BCUT2D eigenvalue weighted by molar-refractivity contribution is 0.718. The summed E-state index contributed by atoms with van der Waals surface area (Å²) in [6, 6.07) is 35.2. The lowest BCUT2D eigenvalue weighted by Gasteiger charge is -2.30. The molecule has 1 aliphatic carbocycles. The third-order valence-electron chi connectivity index (χ3n) is 7.32. The van der Waals surface area contributed by atoms with Gasteiger partial charge in [-0.25, -0.2) is 0 Å². The Hall–Kier alpha value is -3.36. The summed E-state index contributed by atoms with van der Waals surface area (Å²) in [7, 11) is 0. The van der Waals surface area contributed by atoms with E-state index in [1.54, 1.807) is 0 Å². The Kier molecular flexibility index (Phi) is 3.61. The van der Waals surface area contributed by atoms with Crippen molar-refractivity contribution in [2.45, 2.75) is 12.3 Å². The van der Waals surface area contributed by atoms with Gasteiger partial charge in [-0.2, -0.15) is 0 Å². The van der Waals surface area contributed by atoms with Crippen LogP contribution in [-0.2, 0) is 5.41 Å². The van der Waals surface area contributed by atoms with Crippen molar-refractivity contribution < 1.29 is 0 Å². The number of para-hydroxylation sites is 1. The average Bonchev–Trinajstić information content (AvgIpc) is 3.33. The number of nitrogens with one attached hydrogen (secondary N) is 1. The van der Waals surface area contributed by atoms with Crippen molar-refractivity contribution in [1.82, 2.24) is 4.98 Å². The predicted octanol–water partition coefficient (Wildman–Crippen LogP) is 8.57. The van der Waals surface area contributed by atoms with Gasteiger partial charge in [0.25, 0.3) is 0 Å². The molecule has 1 atom stereocenters. The van der Waals surface area contributed by atoms with Gasteiger partial charge in [-0.1, -0.05) is 101 Å². The molecule has 2 heteroatoms. The number of hydrogen-bond acceptors (Lipinski definition) is 0. The van der Waals surface area contributed by atoms with Crippen molar-refractivity contribution in [3.05, 3.63) is 118 Å². The van der Waals surface area contributed by atoms with Crippen LogP contribution in [0.1, 0.15) is 23.6 Å². The molecule has 0 amide bonds. The van der Waals surface area contributed by atoms with Crippen molar-refractivity contribution in [3.63, 3.8) is 0 Å². The summed E-state index contributed by atoms with van der Waals surface area (Å²) in [6.07, 6.45) is 0. The van der Waals surface area contributed by atoms with Crippen molar-refractivity contribution in [3.8, 4) is 11.1 Å². The Balaban J connectivity index is 1.69. The van der Waals surface area contributed by atoms with Gasteiger partial charge in [0.15, 0.2) is 0 Å². The molecular weight excluding hydrogens is 454 g/mol. The minimum Gasteiger partial charge on any atom is -0.354 e. The van der Waals surface area contributed by atoms with E-state index in [9.17, 15) is 0 Å². The summed E-state index contributed by atoms with van der Waals surface area (Å²) < 4.78 is 1.16. The molecule has 1 aromatic heterocycles. The summed E-state index contributed by atoms with van der Waals surface area (Å²) in [5, 5.41) is 5.12. The number of hydrogen-bond donors (Lipinski definition) is 1. The van der Waals surface area contributed by atoms with Gasteiger partial charge < -0.3 is 4.98 Å². The number of aromatic nitrogens is 1. The first-order valence-electron chi connectivity index (χ1n) is 11.0. The number of fused-ring (bicyclic) bond motifs is 8. The molecule has 5 aromatic carbocycles. The number of benzene rings is 5. The fourth-order valence-electron chi connectivity index (χ4n) is 5.93. The Labute approximate surface area is 194 Å². The van der Waals surface area contributed by atoms with E-state index in [4.69, 9.17) is 0 Å². The van der Waals surface area contributed by atoms with Gasteiger partial charge >= 0.3 is 0 Å². The second-order valence-electron chi connectivity index (χ2n) is 8.90. The van der Waals surface area contributed by atoms with Gasteiger partial charge in [-0.15, -0.1) is 0 Å². The topological polar surface area (TPSA) is 15.8 Å². The molecular formula is C30H20BrN. The van der Waals surface area contributed by atoms with Crippen LogP contribution in [0.2, 0.25) is 0 Å². The fourth-order valence-corrected chi connectivity index (χ4v) is 6.75. The minimum absolute atomic E-state index is 0.267. The highest BCUT2D eigenvalue weighted by molar-refractivity contribution is 9.10. The van der Waals surface area contributed by atoms with Gasteiger partial charge in [0.05, 0.1) is 5.52 Å². The van der Waals surface area contributed by atoms with Gasteiger partial charge in [0.2, 0.25) is 0 Å². The smallest absolute Gasteiger partial charge is 0.0548 e. The fraction of sp³-hybridized carbons (Fsp3) is 0.0667. The summed E-state index contributed by atoms with van der Waals surface area (Å²) in [4.78, 5) is 3.75. The average molecular weight is 474 g/mol. The van der Waals surface area contributed by atoms with E-state index >= 15 is 0 Å². The van der Waals surface area contributed by atoms with Crippen LogP contribution in [0.15, 0.2) is 102 Å². The van der Waals surface area contributed by atoms with Gasteiger partial charge in [-0.05, 0) is 52.1 Å². The number of halogens is 1. The Morgan fingerprint density at radius 3 is 2.28 bits per heavy atom. The number of aromatic amines is 1. The second-order valence-corrected chi connectivity index (χ2v) is 9.75. The molecule has 0 fully saturated rings. The largest absolute Gasteiger partial charge is 0.354 e. The monoisotopic (exact) mass is 473 g/mol. The highest BCUT2D eigenvalue weighted by Gasteiger charge is 2.44. The van der Waals surface area contributed by atoms with Crippen molar-refractivity contribution >= 4 is 48.5 Å². The summed E-state index contributed by atoms with van der Waals surface area (Å²) in [6.45, 7) is 2.39. The maximum Gasteiger partial charge on any atom is 0.0548 e. The molecule has 0 saturated heterocycles. The molecule has 1 aliphatic rings. The first kappa shape index (κ1) is 18.2. The van der Waals surface area contributed by atoms with Crippen molar-refractivity contribution in [1.29, 1.82) is 0 Å². The normalized spacial score (nSPS) is 17.2. The zero-order chi connectivity index (χ0) is 21.4. The molecule has 7 rings (SSSR count). The molecule has 0 radical (unpaired) electrons. The van der Waals surface area contributed by atoms with Crippen LogP contribution < -0.4 is 0 Å². The minimum atomic E-state index is -0.267. The van der Waals surface area contributed by atoms with E-state index in [0.29, 0.717) is 0 Å². The molecule has 152 valence electrons. The number of H-pyrrole nitrogens is 1. The lowest BCUT2D eigenvalue weighted by Crippen LogP contribution is -2.23. The third kappa shape index (κ3) is 2.18. The van der Waals surface area contributed by atoms with Crippen LogP contribution in [0.4, 0.5) is 0 Å².